The molecule has 0 radical (unpaired) electrons. The number of nitrogens with two attached hydrogens (primary N) is 1. The molecular formula is C7H9N7S. The molecule has 0 spiro atoms. The van der Waals surface area contributed by atoms with Crippen molar-refractivity contribution < 1.29 is 0 Å². The summed E-state index contributed by atoms with van der Waals surface area (Å²) in [6.45, 7) is 2.48. The van der Waals surface area contributed by atoms with Crippen LogP contribution in [0.25, 0.3) is 0 Å². The van der Waals surface area contributed by atoms with Gasteiger partial charge in [-0.3, -0.25) is 0 Å². The Hall–Kier alpha value is -1.70. The normalized spacial score (nSPS) is 15.3. The lowest BCUT2D eigenvalue weighted by Gasteiger charge is -2.25. The highest BCUT2D eigenvalue weighted by molar-refractivity contribution is 7.09. The molecule has 15 heavy (non-hydrogen) atoms. The minimum absolute atomic E-state index is 0.335. The Morgan fingerprint density at radius 3 is 3.13 bits per heavy atom. The van der Waals surface area contributed by atoms with Gasteiger partial charge < -0.3 is 15.2 Å². The molecule has 3 rings (SSSR count). The van der Waals surface area contributed by atoms with Gasteiger partial charge >= 0.3 is 0 Å². The lowest BCUT2D eigenvalue weighted by Crippen LogP contribution is -2.33. The lowest BCUT2D eigenvalue weighted by atomic mass is 10.4. The van der Waals surface area contributed by atoms with Gasteiger partial charge in [-0.05, 0) is 0 Å². The Morgan fingerprint density at radius 2 is 2.33 bits per heavy atom. The van der Waals surface area contributed by atoms with Crippen molar-refractivity contribution in [2.45, 2.75) is 13.1 Å². The number of anilines is 2. The fraction of sp³-hybridized carbons (Fsp3) is 0.429. The summed E-state index contributed by atoms with van der Waals surface area (Å²) in [4.78, 5) is 6.25. The molecule has 7 nitrogen and oxygen atoms in total. The maximum atomic E-state index is 5.49. The quantitative estimate of drug-likeness (QED) is 0.716. The topological polar surface area (TPSA) is 85.8 Å². The zero-order valence-electron chi connectivity index (χ0n) is 7.87. The molecule has 0 unspecified atom stereocenters. The van der Waals surface area contributed by atoms with Crippen LogP contribution in [0.1, 0.15) is 5.82 Å². The number of aromatic nitrogens is 5. The maximum Gasteiger partial charge on any atom is 0.233 e. The first-order valence-electron chi connectivity index (χ1n) is 4.54. The predicted octanol–water partition coefficient (Wildman–Crippen LogP) is -0.268. The first-order valence-corrected chi connectivity index (χ1v) is 5.31. The molecule has 0 saturated carbocycles. The Bertz CT molecular complexity index is 475. The van der Waals surface area contributed by atoms with E-state index in [-0.39, 0.29) is 0 Å². The molecule has 78 valence electrons. The van der Waals surface area contributed by atoms with E-state index in [4.69, 9.17) is 5.73 Å². The highest BCUT2D eigenvalue weighted by atomic mass is 32.1. The summed E-state index contributed by atoms with van der Waals surface area (Å²) < 4.78 is 6.00. The SMILES string of the molecule is Nc1nsc(N2CCn3cnnc3C2)n1. The Morgan fingerprint density at radius 1 is 1.40 bits per heavy atom. The van der Waals surface area contributed by atoms with Crippen molar-refractivity contribution in [2.24, 2.45) is 0 Å². The number of hydrogen-bond donors (Lipinski definition) is 1. The van der Waals surface area contributed by atoms with Crippen molar-refractivity contribution in [1.82, 2.24) is 24.1 Å². The first-order chi connectivity index (χ1) is 7.33. The summed E-state index contributed by atoms with van der Waals surface area (Å²) in [6, 6.07) is 0. The van der Waals surface area contributed by atoms with E-state index in [1.54, 1.807) is 6.33 Å². The third kappa shape index (κ3) is 1.42. The van der Waals surface area contributed by atoms with Gasteiger partial charge in [-0.25, -0.2) is 0 Å². The van der Waals surface area contributed by atoms with Gasteiger partial charge in [-0.15, -0.1) is 10.2 Å². The van der Waals surface area contributed by atoms with Gasteiger partial charge in [0.15, 0.2) is 5.82 Å². The molecule has 8 heteroatoms. The van der Waals surface area contributed by atoms with Gasteiger partial charge in [0.05, 0.1) is 6.54 Å². The molecule has 2 aromatic rings. The third-order valence-corrected chi connectivity index (χ3v) is 3.13. The fourth-order valence-electron chi connectivity index (χ4n) is 1.58. The van der Waals surface area contributed by atoms with Crippen molar-refractivity contribution in [2.75, 3.05) is 17.2 Å². The lowest BCUT2D eigenvalue weighted by molar-refractivity contribution is 0.559. The molecule has 3 heterocycles. The average molecular weight is 223 g/mol. The zero-order chi connectivity index (χ0) is 10.3. The molecule has 0 amide bonds. The number of nitrogen functional groups attached to an aromatic ring is 1. The third-order valence-electron chi connectivity index (χ3n) is 2.34. The molecule has 0 atom stereocenters. The van der Waals surface area contributed by atoms with Gasteiger partial charge in [0.2, 0.25) is 11.1 Å². The molecule has 0 fully saturated rings. The summed E-state index contributed by atoms with van der Waals surface area (Å²) in [5.74, 6) is 1.29. The van der Waals surface area contributed by atoms with E-state index in [1.165, 1.54) is 11.5 Å². The largest absolute Gasteiger partial charge is 0.367 e. The van der Waals surface area contributed by atoms with Crippen molar-refractivity contribution in [3.8, 4) is 0 Å². The highest BCUT2D eigenvalue weighted by Gasteiger charge is 2.20. The first kappa shape index (κ1) is 8.60. The highest BCUT2D eigenvalue weighted by Crippen LogP contribution is 2.22. The zero-order valence-corrected chi connectivity index (χ0v) is 8.68. The minimum atomic E-state index is 0.335. The van der Waals surface area contributed by atoms with E-state index in [2.05, 4.69) is 24.5 Å². The number of rotatable bonds is 1. The van der Waals surface area contributed by atoms with Crippen LogP contribution in [0.4, 0.5) is 11.1 Å². The number of nitrogens with zero attached hydrogens (tertiary/aromatic N) is 6. The number of hydrogen-bond acceptors (Lipinski definition) is 7. The van der Waals surface area contributed by atoms with Crippen LogP contribution in [0.15, 0.2) is 6.33 Å². The predicted molar refractivity (Wildman–Crippen MR) is 55.4 cm³/mol. The molecule has 2 aromatic heterocycles. The van der Waals surface area contributed by atoms with E-state index >= 15 is 0 Å². The van der Waals surface area contributed by atoms with Crippen LogP contribution in [0.3, 0.4) is 0 Å². The average Bonchev–Trinajstić information content (AvgIpc) is 2.84. The van der Waals surface area contributed by atoms with Gasteiger partial charge in [0, 0.05) is 24.6 Å². The van der Waals surface area contributed by atoms with Gasteiger partial charge in [-0.1, -0.05) is 0 Å². The van der Waals surface area contributed by atoms with Crippen LogP contribution in [0.5, 0.6) is 0 Å². The summed E-state index contributed by atoms with van der Waals surface area (Å²) in [5, 5.41) is 8.75. The van der Waals surface area contributed by atoms with Crippen molar-refractivity contribution in [3.63, 3.8) is 0 Å². The van der Waals surface area contributed by atoms with E-state index in [0.717, 1.165) is 24.0 Å². The molecule has 0 bridgehead atoms. The summed E-state index contributed by atoms with van der Waals surface area (Å²) >= 11 is 1.32. The Balaban J connectivity index is 1.87. The van der Waals surface area contributed by atoms with E-state index in [9.17, 15) is 0 Å². The molecule has 0 aliphatic carbocycles. The summed E-state index contributed by atoms with van der Waals surface area (Å²) in [6.07, 6.45) is 1.75. The van der Waals surface area contributed by atoms with Crippen LogP contribution < -0.4 is 10.6 Å². The second-order valence-electron chi connectivity index (χ2n) is 3.30. The second-order valence-corrected chi connectivity index (χ2v) is 4.03. The molecule has 0 aromatic carbocycles. The molecule has 1 aliphatic rings. The molecule has 0 saturated heterocycles. The van der Waals surface area contributed by atoms with Crippen LogP contribution in [0.2, 0.25) is 0 Å². The second kappa shape index (κ2) is 3.16. The summed E-state index contributed by atoms with van der Waals surface area (Å²) in [7, 11) is 0. The number of fused-ring (bicyclic) bond motifs is 1. The Labute approximate surface area is 89.7 Å². The van der Waals surface area contributed by atoms with Gasteiger partial charge in [-0.2, -0.15) is 9.36 Å². The van der Waals surface area contributed by atoms with Crippen molar-refractivity contribution in [3.05, 3.63) is 12.2 Å². The summed E-state index contributed by atoms with van der Waals surface area (Å²) in [5.41, 5.74) is 5.49. The van der Waals surface area contributed by atoms with Crippen LogP contribution in [-0.4, -0.2) is 30.7 Å². The van der Waals surface area contributed by atoms with Crippen molar-refractivity contribution in [1.29, 1.82) is 0 Å². The van der Waals surface area contributed by atoms with Crippen LogP contribution in [0, 0.1) is 0 Å². The standard InChI is InChI=1S/C7H9N7S/c8-6-10-7(15-12-6)13-1-2-14-4-9-11-5(14)3-13/h4H,1-3H2,(H2,8,12). The maximum absolute atomic E-state index is 5.49. The Kier molecular flexibility index (Phi) is 1.81. The van der Waals surface area contributed by atoms with Crippen LogP contribution in [-0.2, 0) is 13.1 Å². The fourth-order valence-corrected chi connectivity index (χ4v) is 2.21. The smallest absolute Gasteiger partial charge is 0.233 e. The molecule has 1 aliphatic heterocycles. The van der Waals surface area contributed by atoms with Crippen molar-refractivity contribution >= 4 is 22.6 Å². The van der Waals surface area contributed by atoms with Gasteiger partial charge in [0.1, 0.15) is 6.33 Å². The molecular weight excluding hydrogens is 214 g/mol. The van der Waals surface area contributed by atoms with Gasteiger partial charge in [0.25, 0.3) is 0 Å². The minimum Gasteiger partial charge on any atom is -0.367 e. The monoisotopic (exact) mass is 223 g/mol. The van der Waals surface area contributed by atoms with Crippen LogP contribution >= 0.6 is 11.5 Å². The van der Waals surface area contributed by atoms with E-state index in [0.29, 0.717) is 12.5 Å². The molecule has 2 N–H and O–H groups in total. The van der Waals surface area contributed by atoms with E-state index in [1.807, 2.05) is 4.57 Å². The van der Waals surface area contributed by atoms with E-state index < -0.39 is 0 Å².